The fraction of sp³-hybridized carbons (Fsp3) is 0.350. The Labute approximate surface area is 186 Å². The van der Waals surface area contributed by atoms with Crippen LogP contribution in [0.3, 0.4) is 0 Å². The van der Waals surface area contributed by atoms with Gasteiger partial charge in [0.1, 0.15) is 0 Å². The molecule has 0 unspecified atom stereocenters. The molecular formula is C20H26ClN5O3S. The number of para-hydroxylation sites is 1. The lowest BCUT2D eigenvalue weighted by Crippen LogP contribution is -2.16. The highest BCUT2D eigenvalue weighted by Crippen LogP contribution is 2.39. The second kappa shape index (κ2) is 12.3. The van der Waals surface area contributed by atoms with Gasteiger partial charge in [-0.3, -0.25) is 0 Å². The Morgan fingerprint density at radius 1 is 0.967 bits per heavy atom. The molecule has 30 heavy (non-hydrogen) atoms. The standard InChI is InChI=1S/C20H25N5O3S.ClH/c1-26-17-11-10-15(18(27-2)19(17)28-3)14-21-12-7-13-29-20-22-23-24-25(20)16-8-5-4-6-9-16;/h4-6,8-11,21H,7,12-14H2,1-3H3;1H. The normalized spacial score (nSPS) is 10.4. The van der Waals surface area contributed by atoms with Crippen molar-refractivity contribution < 1.29 is 14.2 Å². The molecule has 0 aliphatic heterocycles. The number of halogens is 1. The second-order valence-corrected chi connectivity index (χ2v) is 7.14. The predicted molar refractivity (Wildman–Crippen MR) is 120 cm³/mol. The summed E-state index contributed by atoms with van der Waals surface area (Å²) in [6.07, 6.45) is 0.974. The summed E-state index contributed by atoms with van der Waals surface area (Å²) in [6, 6.07) is 13.7. The fourth-order valence-electron chi connectivity index (χ4n) is 2.89. The molecule has 3 aromatic rings. The van der Waals surface area contributed by atoms with Crippen molar-refractivity contribution >= 4 is 24.2 Å². The molecule has 0 atom stereocenters. The van der Waals surface area contributed by atoms with Gasteiger partial charge in [-0.25, -0.2) is 0 Å². The number of methoxy groups -OCH3 is 3. The molecule has 10 heteroatoms. The first kappa shape index (κ1) is 23.8. The zero-order valence-electron chi connectivity index (χ0n) is 17.2. The minimum absolute atomic E-state index is 0. The largest absolute Gasteiger partial charge is 0.493 e. The molecule has 0 aliphatic carbocycles. The molecule has 1 heterocycles. The highest BCUT2D eigenvalue weighted by molar-refractivity contribution is 7.99. The number of nitrogens with one attached hydrogen (secondary N) is 1. The van der Waals surface area contributed by atoms with Gasteiger partial charge in [-0.05, 0) is 41.6 Å². The lowest BCUT2D eigenvalue weighted by molar-refractivity contribution is 0.321. The van der Waals surface area contributed by atoms with Gasteiger partial charge in [0.2, 0.25) is 10.9 Å². The Morgan fingerprint density at radius 2 is 1.73 bits per heavy atom. The molecular weight excluding hydrogens is 426 g/mol. The van der Waals surface area contributed by atoms with Gasteiger partial charge in [-0.1, -0.05) is 36.0 Å². The average Bonchev–Trinajstić information content (AvgIpc) is 3.24. The minimum Gasteiger partial charge on any atom is -0.493 e. The van der Waals surface area contributed by atoms with Gasteiger partial charge in [0.05, 0.1) is 27.0 Å². The van der Waals surface area contributed by atoms with Crippen molar-refractivity contribution in [2.75, 3.05) is 33.6 Å². The fourth-order valence-corrected chi connectivity index (χ4v) is 3.72. The van der Waals surface area contributed by atoms with Crippen LogP contribution in [0.25, 0.3) is 5.69 Å². The molecule has 0 fully saturated rings. The van der Waals surface area contributed by atoms with Gasteiger partial charge in [-0.15, -0.1) is 17.5 Å². The van der Waals surface area contributed by atoms with E-state index < -0.39 is 0 Å². The Kier molecular flexibility index (Phi) is 9.72. The van der Waals surface area contributed by atoms with Crippen molar-refractivity contribution in [1.29, 1.82) is 0 Å². The van der Waals surface area contributed by atoms with E-state index in [2.05, 4.69) is 20.8 Å². The van der Waals surface area contributed by atoms with E-state index in [-0.39, 0.29) is 12.4 Å². The Morgan fingerprint density at radius 3 is 2.43 bits per heavy atom. The summed E-state index contributed by atoms with van der Waals surface area (Å²) in [5.74, 6) is 2.86. The van der Waals surface area contributed by atoms with Crippen molar-refractivity contribution in [1.82, 2.24) is 25.5 Å². The maximum absolute atomic E-state index is 5.52. The summed E-state index contributed by atoms with van der Waals surface area (Å²) in [6.45, 7) is 1.54. The lowest BCUT2D eigenvalue weighted by atomic mass is 10.1. The van der Waals surface area contributed by atoms with Crippen LogP contribution in [-0.4, -0.2) is 53.8 Å². The smallest absolute Gasteiger partial charge is 0.214 e. The predicted octanol–water partition coefficient (Wildman–Crippen LogP) is 3.38. The van der Waals surface area contributed by atoms with E-state index in [1.54, 1.807) is 37.8 Å². The monoisotopic (exact) mass is 451 g/mol. The molecule has 3 rings (SSSR count). The van der Waals surface area contributed by atoms with E-state index >= 15 is 0 Å². The number of hydrogen-bond donors (Lipinski definition) is 1. The van der Waals surface area contributed by atoms with Crippen LogP contribution in [-0.2, 0) is 6.54 Å². The Bertz CT molecular complexity index is 911. The van der Waals surface area contributed by atoms with E-state index in [4.69, 9.17) is 14.2 Å². The molecule has 162 valence electrons. The number of rotatable bonds is 11. The number of thioether (sulfide) groups is 1. The summed E-state index contributed by atoms with van der Waals surface area (Å²) < 4.78 is 18.0. The molecule has 1 aromatic heterocycles. The quantitative estimate of drug-likeness (QED) is 0.351. The molecule has 2 aromatic carbocycles. The van der Waals surface area contributed by atoms with Gasteiger partial charge >= 0.3 is 0 Å². The Balaban J connectivity index is 0.00000320. The van der Waals surface area contributed by atoms with Crippen molar-refractivity contribution in [2.45, 2.75) is 18.1 Å². The van der Waals surface area contributed by atoms with Crippen LogP contribution in [0, 0.1) is 0 Å². The zero-order chi connectivity index (χ0) is 20.5. The van der Waals surface area contributed by atoms with E-state index in [1.807, 2.05) is 42.5 Å². The van der Waals surface area contributed by atoms with Crippen molar-refractivity contribution in [2.24, 2.45) is 0 Å². The van der Waals surface area contributed by atoms with Gasteiger partial charge in [0, 0.05) is 17.9 Å². The highest BCUT2D eigenvalue weighted by atomic mass is 35.5. The van der Waals surface area contributed by atoms with Crippen molar-refractivity contribution in [3.63, 3.8) is 0 Å². The van der Waals surface area contributed by atoms with Crippen LogP contribution in [0.15, 0.2) is 47.6 Å². The second-order valence-electron chi connectivity index (χ2n) is 6.08. The maximum atomic E-state index is 5.52. The van der Waals surface area contributed by atoms with Crippen molar-refractivity contribution in [3.05, 3.63) is 48.0 Å². The third kappa shape index (κ3) is 5.78. The van der Waals surface area contributed by atoms with Crippen LogP contribution >= 0.6 is 24.2 Å². The third-order valence-corrected chi connectivity index (χ3v) is 5.28. The number of ether oxygens (including phenoxy) is 3. The maximum Gasteiger partial charge on any atom is 0.214 e. The molecule has 0 bridgehead atoms. The molecule has 0 amide bonds. The average molecular weight is 452 g/mol. The molecule has 0 radical (unpaired) electrons. The van der Waals surface area contributed by atoms with E-state index in [0.29, 0.717) is 23.8 Å². The summed E-state index contributed by atoms with van der Waals surface area (Å²) in [4.78, 5) is 0. The van der Waals surface area contributed by atoms with Gasteiger partial charge in [0.15, 0.2) is 11.5 Å². The summed E-state index contributed by atoms with van der Waals surface area (Å²) in [5, 5.41) is 16.2. The van der Waals surface area contributed by atoms with Gasteiger partial charge < -0.3 is 19.5 Å². The molecule has 0 saturated carbocycles. The van der Waals surface area contributed by atoms with Crippen LogP contribution in [0.4, 0.5) is 0 Å². The first-order valence-corrected chi connectivity index (χ1v) is 10.2. The van der Waals surface area contributed by atoms with Crippen LogP contribution in [0.1, 0.15) is 12.0 Å². The zero-order valence-corrected chi connectivity index (χ0v) is 18.8. The number of nitrogens with zero attached hydrogens (tertiary/aromatic N) is 4. The topological polar surface area (TPSA) is 83.3 Å². The van der Waals surface area contributed by atoms with Gasteiger partial charge in [0.25, 0.3) is 0 Å². The summed E-state index contributed by atoms with van der Waals surface area (Å²) in [7, 11) is 4.85. The number of tetrazole rings is 1. The first-order chi connectivity index (χ1) is 14.3. The number of benzene rings is 2. The number of aromatic nitrogens is 4. The first-order valence-electron chi connectivity index (χ1n) is 9.23. The van der Waals surface area contributed by atoms with Crippen LogP contribution < -0.4 is 19.5 Å². The molecule has 8 nitrogen and oxygen atoms in total. The number of hydrogen-bond acceptors (Lipinski definition) is 8. The highest BCUT2D eigenvalue weighted by Gasteiger charge is 2.15. The molecule has 0 saturated heterocycles. The SMILES string of the molecule is COc1ccc(CNCCCSc2nnnn2-c2ccccc2)c(OC)c1OC.Cl. The van der Waals surface area contributed by atoms with Crippen molar-refractivity contribution in [3.8, 4) is 22.9 Å². The summed E-state index contributed by atoms with van der Waals surface area (Å²) in [5.41, 5.74) is 1.98. The van der Waals surface area contributed by atoms with E-state index in [9.17, 15) is 0 Å². The summed E-state index contributed by atoms with van der Waals surface area (Å²) >= 11 is 1.64. The Hall–Kier alpha value is -2.49. The minimum atomic E-state index is 0. The molecule has 0 aliphatic rings. The van der Waals surface area contributed by atoms with E-state index in [1.165, 1.54) is 0 Å². The molecule has 0 spiro atoms. The third-order valence-electron chi connectivity index (χ3n) is 4.27. The van der Waals surface area contributed by atoms with E-state index in [0.717, 1.165) is 35.1 Å². The van der Waals surface area contributed by atoms with Gasteiger partial charge in [-0.2, -0.15) is 4.68 Å². The van der Waals surface area contributed by atoms with Crippen LogP contribution in [0.5, 0.6) is 17.2 Å². The van der Waals surface area contributed by atoms with Crippen LogP contribution in [0.2, 0.25) is 0 Å². The molecule has 1 N–H and O–H groups in total. The lowest BCUT2D eigenvalue weighted by Gasteiger charge is -2.16.